The van der Waals surface area contributed by atoms with Crippen molar-refractivity contribution in [1.29, 1.82) is 0 Å². The molecule has 1 aliphatic heterocycles. The quantitative estimate of drug-likeness (QED) is 0.366. The molecule has 1 heterocycles. The molecule has 1 aromatic rings. The van der Waals surface area contributed by atoms with E-state index < -0.39 is 0 Å². The molecule has 1 atom stereocenters. The lowest BCUT2D eigenvalue weighted by Gasteiger charge is -2.36. The molecule has 25 heavy (non-hydrogen) atoms. The van der Waals surface area contributed by atoms with Gasteiger partial charge in [-0.25, -0.2) is 0 Å². The predicted molar refractivity (Wildman–Crippen MR) is 117 cm³/mol. The number of hydrogen-bond acceptors (Lipinski definition) is 2. The fourth-order valence-electron chi connectivity index (χ4n) is 2.83. The molecule has 4 nitrogen and oxygen atoms in total. The molecule has 0 bridgehead atoms. The maximum atomic E-state index is 5.31. The van der Waals surface area contributed by atoms with E-state index in [9.17, 15) is 0 Å². The highest BCUT2D eigenvalue weighted by Gasteiger charge is 2.33. The van der Waals surface area contributed by atoms with Crippen molar-refractivity contribution in [2.45, 2.75) is 47.1 Å². The highest BCUT2D eigenvalue weighted by atomic mass is 127. The van der Waals surface area contributed by atoms with Crippen molar-refractivity contribution in [2.75, 3.05) is 26.3 Å². The van der Waals surface area contributed by atoms with Gasteiger partial charge in [-0.3, -0.25) is 4.99 Å². The zero-order valence-electron chi connectivity index (χ0n) is 16.3. The molecule has 0 spiro atoms. The first-order chi connectivity index (χ1) is 11.4. The number of nitrogens with one attached hydrogen (secondary N) is 2. The molecule has 142 valence electrons. The second kappa shape index (κ2) is 10.4. The van der Waals surface area contributed by atoms with Gasteiger partial charge in [0.1, 0.15) is 0 Å². The van der Waals surface area contributed by atoms with Gasteiger partial charge in [0, 0.05) is 12.0 Å². The molecule has 1 saturated heterocycles. The molecule has 1 aliphatic rings. The van der Waals surface area contributed by atoms with Crippen LogP contribution in [-0.2, 0) is 11.2 Å². The minimum absolute atomic E-state index is 0. The van der Waals surface area contributed by atoms with E-state index in [2.05, 4.69) is 69.5 Å². The van der Waals surface area contributed by atoms with E-state index in [1.165, 1.54) is 11.1 Å². The average molecular weight is 459 g/mol. The number of rotatable bonds is 7. The van der Waals surface area contributed by atoms with Crippen LogP contribution in [0.2, 0.25) is 0 Å². The molecule has 0 amide bonds. The molecule has 2 rings (SSSR count). The fraction of sp³-hybridized carbons (Fsp3) is 0.650. The third-order valence-corrected chi connectivity index (χ3v) is 4.34. The highest BCUT2D eigenvalue weighted by molar-refractivity contribution is 14.0. The molecule has 0 aromatic heterocycles. The first kappa shape index (κ1) is 22.2. The van der Waals surface area contributed by atoms with Crippen LogP contribution in [0.1, 0.15) is 51.8 Å². The summed E-state index contributed by atoms with van der Waals surface area (Å²) in [6, 6.07) is 9.15. The van der Waals surface area contributed by atoms with Gasteiger partial charge in [0.25, 0.3) is 0 Å². The summed E-state index contributed by atoms with van der Waals surface area (Å²) in [5, 5.41) is 6.85. The Kier molecular flexibility index (Phi) is 9.21. The summed E-state index contributed by atoms with van der Waals surface area (Å²) in [7, 11) is 0. The van der Waals surface area contributed by atoms with E-state index in [0.29, 0.717) is 5.92 Å². The van der Waals surface area contributed by atoms with Gasteiger partial charge in [-0.1, -0.05) is 45.0 Å². The lowest BCUT2D eigenvalue weighted by atomic mass is 9.89. The van der Waals surface area contributed by atoms with Crippen LogP contribution < -0.4 is 10.6 Å². The second-order valence-electron chi connectivity index (χ2n) is 7.70. The Morgan fingerprint density at radius 2 is 1.84 bits per heavy atom. The molecular formula is C20H34IN3O. The highest BCUT2D eigenvalue weighted by Crippen LogP contribution is 2.26. The van der Waals surface area contributed by atoms with Crippen LogP contribution in [0.15, 0.2) is 29.3 Å². The third-order valence-electron chi connectivity index (χ3n) is 4.34. The minimum atomic E-state index is 0. The van der Waals surface area contributed by atoms with Crippen molar-refractivity contribution in [3.8, 4) is 0 Å². The summed E-state index contributed by atoms with van der Waals surface area (Å²) >= 11 is 0. The van der Waals surface area contributed by atoms with Crippen molar-refractivity contribution in [2.24, 2.45) is 16.3 Å². The molecule has 1 unspecified atom stereocenters. The number of nitrogens with zero attached hydrogens (tertiary/aromatic N) is 1. The van der Waals surface area contributed by atoms with E-state index in [1.54, 1.807) is 0 Å². The number of hydrogen-bond donors (Lipinski definition) is 2. The Labute approximate surface area is 170 Å². The van der Waals surface area contributed by atoms with Gasteiger partial charge < -0.3 is 15.4 Å². The van der Waals surface area contributed by atoms with Crippen LogP contribution in [0.3, 0.4) is 0 Å². The van der Waals surface area contributed by atoms with Gasteiger partial charge >= 0.3 is 0 Å². The Morgan fingerprint density at radius 3 is 2.32 bits per heavy atom. The first-order valence-corrected chi connectivity index (χ1v) is 9.13. The molecule has 5 heteroatoms. The van der Waals surface area contributed by atoms with Gasteiger partial charge in [-0.15, -0.1) is 24.0 Å². The Balaban J connectivity index is 0.00000312. The summed E-state index contributed by atoms with van der Waals surface area (Å²) in [4.78, 5) is 4.74. The van der Waals surface area contributed by atoms with Crippen LogP contribution >= 0.6 is 24.0 Å². The third kappa shape index (κ3) is 7.13. The average Bonchev–Trinajstić information content (AvgIpc) is 2.51. The molecule has 0 saturated carbocycles. The Hall–Kier alpha value is -0.820. The zero-order valence-corrected chi connectivity index (χ0v) is 18.6. The van der Waals surface area contributed by atoms with Gasteiger partial charge in [0.15, 0.2) is 5.96 Å². The smallest absolute Gasteiger partial charge is 0.191 e. The number of aliphatic imine (C=N–C) groups is 1. The van der Waals surface area contributed by atoms with Crippen molar-refractivity contribution in [1.82, 2.24) is 10.6 Å². The van der Waals surface area contributed by atoms with Gasteiger partial charge in [-0.05, 0) is 37.3 Å². The number of halogens is 1. The molecule has 0 aliphatic carbocycles. The normalized spacial score (nSPS) is 17.4. The summed E-state index contributed by atoms with van der Waals surface area (Å²) in [5.74, 6) is 1.57. The Morgan fingerprint density at radius 1 is 1.20 bits per heavy atom. The molecule has 0 radical (unpaired) electrons. The lowest BCUT2D eigenvalue weighted by Crippen LogP contribution is -2.44. The standard InChI is InChI=1S/C20H33N3O.HI/c1-6-21-19(22-12-20(5)13-24-14-20)23-16(4)18-9-7-17(8-10-18)11-15(2)3;/h7-10,15-16H,6,11-14H2,1-5H3,(H2,21,22,23);1H. The van der Waals surface area contributed by atoms with E-state index in [0.717, 1.165) is 38.7 Å². The van der Waals surface area contributed by atoms with E-state index in [-0.39, 0.29) is 35.4 Å². The Bertz CT molecular complexity index is 538. The summed E-state index contributed by atoms with van der Waals surface area (Å²) < 4.78 is 5.31. The maximum absolute atomic E-state index is 5.31. The van der Waals surface area contributed by atoms with Gasteiger partial charge in [-0.2, -0.15) is 0 Å². The van der Waals surface area contributed by atoms with Crippen molar-refractivity contribution >= 4 is 29.9 Å². The van der Waals surface area contributed by atoms with Crippen LogP contribution in [0, 0.1) is 11.3 Å². The summed E-state index contributed by atoms with van der Waals surface area (Å²) in [6.07, 6.45) is 1.13. The molecule has 1 aromatic carbocycles. The fourth-order valence-corrected chi connectivity index (χ4v) is 2.83. The molecule has 2 N–H and O–H groups in total. The van der Waals surface area contributed by atoms with E-state index in [4.69, 9.17) is 9.73 Å². The lowest BCUT2D eigenvalue weighted by molar-refractivity contribution is -0.0945. The largest absolute Gasteiger partial charge is 0.380 e. The van der Waals surface area contributed by atoms with Crippen LogP contribution in [0.4, 0.5) is 0 Å². The minimum Gasteiger partial charge on any atom is -0.380 e. The monoisotopic (exact) mass is 459 g/mol. The maximum Gasteiger partial charge on any atom is 0.191 e. The summed E-state index contributed by atoms with van der Waals surface area (Å²) in [5.41, 5.74) is 2.88. The summed E-state index contributed by atoms with van der Waals surface area (Å²) in [6.45, 7) is 14.3. The van der Waals surface area contributed by atoms with Gasteiger partial charge in [0.05, 0.1) is 25.8 Å². The van der Waals surface area contributed by atoms with Crippen LogP contribution in [-0.4, -0.2) is 32.3 Å². The van der Waals surface area contributed by atoms with Crippen molar-refractivity contribution in [3.63, 3.8) is 0 Å². The van der Waals surface area contributed by atoms with Crippen LogP contribution in [0.5, 0.6) is 0 Å². The van der Waals surface area contributed by atoms with E-state index >= 15 is 0 Å². The topological polar surface area (TPSA) is 45.7 Å². The van der Waals surface area contributed by atoms with Crippen LogP contribution in [0.25, 0.3) is 0 Å². The zero-order chi connectivity index (χ0) is 17.6. The first-order valence-electron chi connectivity index (χ1n) is 9.13. The predicted octanol–water partition coefficient (Wildman–Crippen LogP) is 4.16. The molecule has 1 fully saturated rings. The molecular weight excluding hydrogens is 425 g/mol. The number of benzene rings is 1. The number of ether oxygens (including phenoxy) is 1. The second-order valence-corrected chi connectivity index (χ2v) is 7.70. The SMILES string of the molecule is CCNC(=NCC1(C)COC1)NC(C)c1ccc(CC(C)C)cc1.I. The number of guanidine groups is 1. The van der Waals surface area contributed by atoms with Crippen molar-refractivity contribution < 1.29 is 4.74 Å². The van der Waals surface area contributed by atoms with E-state index in [1.807, 2.05) is 0 Å². The van der Waals surface area contributed by atoms with Crippen molar-refractivity contribution in [3.05, 3.63) is 35.4 Å². The van der Waals surface area contributed by atoms with Gasteiger partial charge in [0.2, 0.25) is 0 Å².